The number of hydrogen-bond acceptors (Lipinski definition) is 3. The van der Waals surface area contributed by atoms with Gasteiger partial charge in [-0.3, -0.25) is 0 Å². The van der Waals surface area contributed by atoms with Crippen molar-refractivity contribution in [2.45, 2.75) is 6.92 Å². The minimum Gasteiger partial charge on any atom is -0.230 e. The Balaban J connectivity index is 3.89. The second-order valence-electron chi connectivity index (χ2n) is 1.66. The van der Waals surface area contributed by atoms with Crippen LogP contribution in [0.2, 0.25) is 0 Å². The van der Waals surface area contributed by atoms with Crippen molar-refractivity contribution in [3.63, 3.8) is 0 Å². The Labute approximate surface area is 66.1 Å². The summed E-state index contributed by atoms with van der Waals surface area (Å²) in [4.78, 5) is 2.29. The first-order valence-electron chi connectivity index (χ1n) is 2.85. The molecule has 0 unspecified atom stereocenters. The smallest absolute Gasteiger partial charge is 0.171 e. The van der Waals surface area contributed by atoms with Gasteiger partial charge in [0.15, 0.2) is 9.84 Å². The molecule has 10 heavy (non-hydrogen) atoms. The fraction of sp³-hybridized carbons (Fsp3) is 0.600. The van der Waals surface area contributed by atoms with Crippen LogP contribution in [0.1, 0.15) is 6.92 Å². The molecule has 0 spiro atoms. The van der Waals surface area contributed by atoms with Crippen molar-refractivity contribution >= 4 is 21.6 Å². The van der Waals surface area contributed by atoms with Gasteiger partial charge in [-0.1, -0.05) is 13.0 Å². The number of hydrogen-bond donors (Lipinski definition) is 1. The third-order valence-electron chi connectivity index (χ3n) is 0.901. The fourth-order valence-electron chi connectivity index (χ4n) is 0.335. The van der Waals surface area contributed by atoms with Gasteiger partial charge in [0, 0.05) is 12.0 Å². The van der Waals surface area contributed by atoms with E-state index in [0.29, 0.717) is 6.54 Å². The molecular formula is C5H10ClNO2S. The highest BCUT2D eigenvalue weighted by Gasteiger charge is 1.97. The number of nitrogens with one attached hydrogen (secondary N) is 1. The molecule has 0 aliphatic heterocycles. The largest absolute Gasteiger partial charge is 0.230 e. The molecule has 0 amide bonds. The Bertz CT molecular complexity index is 198. The van der Waals surface area contributed by atoms with E-state index in [9.17, 15) is 8.42 Å². The molecular weight excluding hydrogens is 174 g/mol. The van der Waals surface area contributed by atoms with Gasteiger partial charge in [-0.05, 0) is 11.8 Å². The summed E-state index contributed by atoms with van der Waals surface area (Å²) in [5.74, 6) is 0.131. The van der Waals surface area contributed by atoms with Crippen molar-refractivity contribution in [1.82, 2.24) is 4.84 Å². The summed E-state index contributed by atoms with van der Waals surface area (Å²) in [5, 5.41) is 1.16. The van der Waals surface area contributed by atoms with Crippen LogP contribution in [0.15, 0.2) is 11.5 Å². The Morgan fingerprint density at radius 2 is 2.20 bits per heavy atom. The van der Waals surface area contributed by atoms with Crippen LogP contribution in [0.3, 0.4) is 0 Å². The SMILES string of the molecule is CCS(=O)(=O)C=CCNCl. The Kier molecular flexibility index (Phi) is 4.68. The third kappa shape index (κ3) is 4.78. The van der Waals surface area contributed by atoms with Crippen LogP contribution in [0.5, 0.6) is 0 Å². The monoisotopic (exact) mass is 183 g/mol. The van der Waals surface area contributed by atoms with E-state index in [0.717, 1.165) is 5.41 Å². The predicted molar refractivity (Wildman–Crippen MR) is 42.5 cm³/mol. The number of halogens is 1. The molecule has 0 aliphatic carbocycles. The first-order valence-corrected chi connectivity index (χ1v) is 4.94. The molecule has 1 N–H and O–H groups in total. The van der Waals surface area contributed by atoms with Gasteiger partial charge in [0.1, 0.15) is 0 Å². The molecule has 5 heteroatoms. The zero-order valence-corrected chi connectivity index (χ0v) is 7.24. The first-order chi connectivity index (χ1) is 4.62. The summed E-state index contributed by atoms with van der Waals surface area (Å²) in [7, 11) is -2.97. The maximum atomic E-state index is 10.7. The van der Waals surface area contributed by atoms with Gasteiger partial charge in [-0.2, -0.15) is 0 Å². The minimum atomic E-state index is -2.97. The van der Waals surface area contributed by atoms with Crippen molar-refractivity contribution in [3.8, 4) is 0 Å². The first kappa shape index (κ1) is 9.94. The van der Waals surface area contributed by atoms with Crippen LogP contribution in [-0.4, -0.2) is 20.7 Å². The topological polar surface area (TPSA) is 46.2 Å². The zero-order valence-electron chi connectivity index (χ0n) is 5.67. The second kappa shape index (κ2) is 4.71. The van der Waals surface area contributed by atoms with E-state index in [-0.39, 0.29) is 5.75 Å². The molecule has 0 heterocycles. The average molecular weight is 184 g/mol. The molecule has 0 aliphatic rings. The van der Waals surface area contributed by atoms with E-state index < -0.39 is 9.84 Å². The van der Waals surface area contributed by atoms with Crippen molar-refractivity contribution in [2.24, 2.45) is 0 Å². The van der Waals surface area contributed by atoms with Gasteiger partial charge >= 0.3 is 0 Å². The Hall–Kier alpha value is -0.0600. The lowest BCUT2D eigenvalue weighted by Crippen LogP contribution is -2.01. The van der Waals surface area contributed by atoms with Crippen LogP contribution in [0.4, 0.5) is 0 Å². The van der Waals surface area contributed by atoms with E-state index >= 15 is 0 Å². The van der Waals surface area contributed by atoms with Crippen LogP contribution >= 0.6 is 11.8 Å². The highest BCUT2D eigenvalue weighted by Crippen LogP contribution is 1.89. The number of rotatable bonds is 4. The maximum Gasteiger partial charge on any atom is 0.171 e. The molecule has 0 fully saturated rings. The van der Waals surface area contributed by atoms with Crippen molar-refractivity contribution in [2.75, 3.05) is 12.3 Å². The summed E-state index contributed by atoms with van der Waals surface area (Å²) >= 11 is 5.08. The van der Waals surface area contributed by atoms with Crippen LogP contribution in [-0.2, 0) is 9.84 Å². The van der Waals surface area contributed by atoms with Gasteiger partial charge < -0.3 is 0 Å². The Morgan fingerprint density at radius 3 is 2.60 bits per heavy atom. The molecule has 0 aromatic rings. The standard InChI is InChI=1S/C5H10ClNO2S/c1-2-10(8,9)5-3-4-7-6/h3,5,7H,2,4H2,1H3. The highest BCUT2D eigenvalue weighted by atomic mass is 35.5. The van der Waals surface area contributed by atoms with Gasteiger partial charge in [0.25, 0.3) is 0 Å². The van der Waals surface area contributed by atoms with E-state index in [2.05, 4.69) is 4.84 Å². The van der Waals surface area contributed by atoms with E-state index in [1.165, 1.54) is 6.08 Å². The molecule has 0 radical (unpaired) electrons. The van der Waals surface area contributed by atoms with Crippen molar-refractivity contribution < 1.29 is 8.42 Å². The normalized spacial score (nSPS) is 12.6. The van der Waals surface area contributed by atoms with Crippen molar-refractivity contribution in [3.05, 3.63) is 11.5 Å². The molecule has 0 atom stereocenters. The summed E-state index contributed by atoms with van der Waals surface area (Å²) in [5.41, 5.74) is 0. The molecule has 0 saturated heterocycles. The quantitative estimate of drug-likeness (QED) is 0.652. The molecule has 0 rings (SSSR count). The highest BCUT2D eigenvalue weighted by molar-refractivity contribution is 7.94. The molecule has 0 saturated carbocycles. The molecule has 0 aromatic carbocycles. The maximum absolute atomic E-state index is 10.7. The minimum absolute atomic E-state index is 0.131. The average Bonchev–Trinajstić information content (AvgIpc) is 1.89. The van der Waals surface area contributed by atoms with E-state index in [1.807, 2.05) is 0 Å². The van der Waals surface area contributed by atoms with Crippen LogP contribution in [0.25, 0.3) is 0 Å². The summed E-state index contributed by atoms with van der Waals surface area (Å²) in [6.45, 7) is 1.95. The second-order valence-corrected chi connectivity index (χ2v) is 4.10. The molecule has 0 bridgehead atoms. The third-order valence-corrected chi connectivity index (χ3v) is 2.47. The molecule has 60 valence electrons. The van der Waals surface area contributed by atoms with Gasteiger partial charge in [0.2, 0.25) is 0 Å². The lowest BCUT2D eigenvalue weighted by atomic mass is 10.7. The lowest BCUT2D eigenvalue weighted by Gasteiger charge is -1.89. The van der Waals surface area contributed by atoms with Crippen molar-refractivity contribution in [1.29, 1.82) is 0 Å². The van der Waals surface area contributed by atoms with Crippen LogP contribution in [0, 0.1) is 0 Å². The summed E-state index contributed by atoms with van der Waals surface area (Å²) in [6, 6.07) is 0. The lowest BCUT2D eigenvalue weighted by molar-refractivity contribution is 0.605. The van der Waals surface area contributed by atoms with Gasteiger partial charge in [-0.25, -0.2) is 13.3 Å². The van der Waals surface area contributed by atoms with Gasteiger partial charge in [-0.15, -0.1) is 0 Å². The molecule has 3 nitrogen and oxygen atoms in total. The predicted octanol–water partition coefficient (Wildman–Crippen LogP) is 0.678. The number of sulfone groups is 1. The Morgan fingerprint density at radius 1 is 1.60 bits per heavy atom. The van der Waals surface area contributed by atoms with E-state index in [4.69, 9.17) is 11.8 Å². The fourth-order valence-corrected chi connectivity index (χ4v) is 1.01. The zero-order chi connectivity index (χ0) is 8.04. The summed E-state index contributed by atoms with van der Waals surface area (Å²) < 4.78 is 21.4. The van der Waals surface area contributed by atoms with E-state index in [1.54, 1.807) is 6.92 Å². The van der Waals surface area contributed by atoms with Crippen LogP contribution < -0.4 is 4.84 Å². The summed E-state index contributed by atoms with van der Waals surface area (Å²) in [6.07, 6.45) is 1.46. The van der Waals surface area contributed by atoms with Gasteiger partial charge in [0.05, 0.1) is 5.75 Å². The molecule has 0 aromatic heterocycles.